The standard InChI is InChI=1S/C16H17F3N4O3S/c1-2-7-21-15(24)27(25,26)23-14-10-20-8-6-13(14)22-12-5-3-4-11(9-12)16(17,18)19/h3-6,8-10,23H,2,7H2,1H3,(H,20,22)(H,21,24). The molecule has 1 amide bonds. The van der Waals surface area contributed by atoms with Crippen LogP contribution in [0.1, 0.15) is 18.9 Å². The molecule has 0 aliphatic heterocycles. The minimum absolute atomic E-state index is 0.0819. The van der Waals surface area contributed by atoms with Crippen molar-refractivity contribution in [2.75, 3.05) is 16.6 Å². The molecule has 0 bridgehead atoms. The summed E-state index contributed by atoms with van der Waals surface area (Å²) in [4.78, 5) is 15.5. The molecule has 0 unspecified atom stereocenters. The Labute approximate surface area is 154 Å². The summed E-state index contributed by atoms with van der Waals surface area (Å²) < 4.78 is 64.7. The van der Waals surface area contributed by atoms with Gasteiger partial charge in [-0.05, 0) is 30.7 Å². The molecule has 0 spiro atoms. The molecular formula is C16H17F3N4O3S. The molecule has 27 heavy (non-hydrogen) atoms. The molecular weight excluding hydrogens is 385 g/mol. The van der Waals surface area contributed by atoms with Crippen molar-refractivity contribution in [1.82, 2.24) is 10.3 Å². The molecule has 0 fully saturated rings. The molecule has 11 heteroatoms. The lowest BCUT2D eigenvalue weighted by molar-refractivity contribution is -0.137. The van der Waals surface area contributed by atoms with Crippen molar-refractivity contribution in [3.05, 3.63) is 48.3 Å². The number of pyridine rings is 1. The van der Waals surface area contributed by atoms with Crippen LogP contribution in [0.3, 0.4) is 0 Å². The average molecular weight is 402 g/mol. The topological polar surface area (TPSA) is 100 Å². The van der Waals surface area contributed by atoms with Gasteiger partial charge in [0.25, 0.3) is 0 Å². The van der Waals surface area contributed by atoms with Gasteiger partial charge in [-0.2, -0.15) is 21.6 Å². The number of alkyl halides is 3. The van der Waals surface area contributed by atoms with Gasteiger partial charge in [-0.15, -0.1) is 0 Å². The van der Waals surface area contributed by atoms with Gasteiger partial charge in [0, 0.05) is 18.4 Å². The van der Waals surface area contributed by atoms with Crippen molar-refractivity contribution in [1.29, 1.82) is 0 Å². The van der Waals surface area contributed by atoms with Crippen molar-refractivity contribution in [3.63, 3.8) is 0 Å². The van der Waals surface area contributed by atoms with Crippen LogP contribution in [-0.2, 0) is 16.2 Å². The van der Waals surface area contributed by atoms with Gasteiger partial charge in [-0.3, -0.25) is 14.5 Å². The van der Waals surface area contributed by atoms with E-state index in [4.69, 9.17) is 0 Å². The number of rotatable bonds is 6. The molecule has 3 N–H and O–H groups in total. The first kappa shape index (κ1) is 20.5. The van der Waals surface area contributed by atoms with Crippen molar-refractivity contribution in [2.24, 2.45) is 0 Å². The second-order valence-corrected chi connectivity index (χ2v) is 7.03. The zero-order valence-electron chi connectivity index (χ0n) is 14.2. The SMILES string of the molecule is CCCNC(=O)S(=O)(=O)Nc1cnccc1Nc1cccc(C(F)(F)F)c1. The van der Waals surface area contributed by atoms with Crippen molar-refractivity contribution in [3.8, 4) is 0 Å². The lowest BCUT2D eigenvalue weighted by Gasteiger charge is -2.14. The third-order valence-electron chi connectivity index (χ3n) is 3.30. The van der Waals surface area contributed by atoms with Crippen LogP contribution in [0, 0.1) is 0 Å². The van der Waals surface area contributed by atoms with Gasteiger partial charge in [-0.1, -0.05) is 13.0 Å². The van der Waals surface area contributed by atoms with E-state index >= 15 is 0 Å². The Balaban J connectivity index is 2.25. The highest BCUT2D eigenvalue weighted by Gasteiger charge is 2.30. The number of aromatic nitrogens is 1. The minimum atomic E-state index is -4.52. The number of nitrogens with zero attached hydrogens (tertiary/aromatic N) is 1. The van der Waals surface area contributed by atoms with Crippen LogP contribution in [-0.4, -0.2) is 25.2 Å². The summed E-state index contributed by atoms with van der Waals surface area (Å²) >= 11 is 0. The van der Waals surface area contributed by atoms with Gasteiger partial charge < -0.3 is 10.6 Å². The quantitative estimate of drug-likeness (QED) is 0.684. The summed E-state index contributed by atoms with van der Waals surface area (Å²) in [7, 11) is -4.39. The van der Waals surface area contributed by atoms with E-state index in [2.05, 4.69) is 20.3 Å². The highest BCUT2D eigenvalue weighted by Crippen LogP contribution is 2.32. The van der Waals surface area contributed by atoms with Gasteiger partial charge >= 0.3 is 21.4 Å². The molecule has 0 aliphatic rings. The highest BCUT2D eigenvalue weighted by molar-refractivity contribution is 8.07. The lowest BCUT2D eigenvalue weighted by Crippen LogP contribution is -2.34. The second-order valence-electron chi connectivity index (χ2n) is 5.44. The average Bonchev–Trinajstić information content (AvgIpc) is 2.60. The molecule has 2 aromatic rings. The maximum atomic E-state index is 12.8. The van der Waals surface area contributed by atoms with E-state index in [1.54, 1.807) is 6.92 Å². The van der Waals surface area contributed by atoms with E-state index in [0.717, 1.165) is 18.3 Å². The predicted molar refractivity (Wildman–Crippen MR) is 95.2 cm³/mol. The van der Waals surface area contributed by atoms with E-state index < -0.39 is 27.0 Å². The maximum absolute atomic E-state index is 12.8. The Bertz CT molecular complexity index is 917. The van der Waals surface area contributed by atoms with Crippen molar-refractivity contribution >= 4 is 32.3 Å². The molecule has 1 heterocycles. The number of halogens is 3. The Hall–Kier alpha value is -2.82. The number of carbonyl (C=O) groups excluding carboxylic acids is 1. The third-order valence-corrected chi connectivity index (χ3v) is 4.42. The summed E-state index contributed by atoms with van der Waals surface area (Å²) in [6, 6.07) is 5.77. The van der Waals surface area contributed by atoms with Gasteiger partial charge in [0.05, 0.1) is 23.1 Å². The Morgan fingerprint density at radius 3 is 2.59 bits per heavy atom. The monoisotopic (exact) mass is 402 g/mol. The number of sulfonamides is 1. The van der Waals surface area contributed by atoms with Crippen molar-refractivity contribution in [2.45, 2.75) is 19.5 Å². The zero-order chi connectivity index (χ0) is 20.1. The smallest absolute Gasteiger partial charge is 0.354 e. The van der Waals surface area contributed by atoms with Crippen molar-refractivity contribution < 1.29 is 26.4 Å². The van der Waals surface area contributed by atoms with Crippen LogP contribution in [0.2, 0.25) is 0 Å². The number of hydrogen-bond acceptors (Lipinski definition) is 5. The van der Waals surface area contributed by atoms with E-state index in [1.807, 2.05) is 0 Å². The number of benzene rings is 1. The number of anilines is 3. The molecule has 7 nitrogen and oxygen atoms in total. The molecule has 0 aliphatic carbocycles. The van der Waals surface area contributed by atoms with E-state index in [9.17, 15) is 26.4 Å². The second kappa shape index (κ2) is 8.25. The van der Waals surface area contributed by atoms with Gasteiger partial charge in [0.1, 0.15) is 0 Å². The minimum Gasteiger partial charge on any atom is -0.354 e. The largest absolute Gasteiger partial charge is 0.416 e. The van der Waals surface area contributed by atoms with E-state index in [1.165, 1.54) is 24.4 Å². The fourth-order valence-corrected chi connectivity index (χ4v) is 2.86. The third kappa shape index (κ3) is 5.58. The number of nitrogens with one attached hydrogen (secondary N) is 3. The first-order valence-corrected chi connectivity index (χ1v) is 9.30. The summed E-state index contributed by atoms with van der Waals surface area (Å²) in [6.45, 7) is 1.95. The Morgan fingerprint density at radius 2 is 1.93 bits per heavy atom. The lowest BCUT2D eigenvalue weighted by atomic mass is 10.2. The first-order chi connectivity index (χ1) is 12.6. The fourth-order valence-electron chi connectivity index (χ4n) is 2.03. The van der Waals surface area contributed by atoms with E-state index in [-0.39, 0.29) is 23.6 Å². The van der Waals surface area contributed by atoms with Crippen LogP contribution < -0.4 is 15.4 Å². The maximum Gasteiger partial charge on any atom is 0.416 e. The summed E-state index contributed by atoms with van der Waals surface area (Å²) in [5, 5.41) is 3.71. The summed E-state index contributed by atoms with van der Waals surface area (Å²) in [5.41, 5.74) is -0.715. The first-order valence-electron chi connectivity index (χ1n) is 7.82. The molecule has 1 aromatic heterocycles. The zero-order valence-corrected chi connectivity index (χ0v) is 15.0. The molecule has 1 aromatic carbocycles. The number of amides is 1. The molecule has 146 valence electrons. The molecule has 0 saturated heterocycles. The van der Waals surface area contributed by atoms with Crippen LogP contribution in [0.5, 0.6) is 0 Å². The Kier molecular flexibility index (Phi) is 6.26. The van der Waals surface area contributed by atoms with Crippen LogP contribution in [0.15, 0.2) is 42.7 Å². The van der Waals surface area contributed by atoms with Gasteiger partial charge in [0.2, 0.25) is 0 Å². The van der Waals surface area contributed by atoms with Crippen LogP contribution in [0.25, 0.3) is 0 Å². The number of carbonyl (C=O) groups is 1. The van der Waals surface area contributed by atoms with Gasteiger partial charge in [-0.25, -0.2) is 0 Å². The number of hydrogen-bond donors (Lipinski definition) is 3. The van der Waals surface area contributed by atoms with Gasteiger partial charge in [0.15, 0.2) is 0 Å². The normalized spacial score (nSPS) is 11.7. The highest BCUT2D eigenvalue weighted by atomic mass is 32.2. The molecule has 2 rings (SSSR count). The summed E-state index contributed by atoms with van der Waals surface area (Å²) in [5.74, 6) is 0. The molecule has 0 saturated carbocycles. The summed E-state index contributed by atoms with van der Waals surface area (Å²) in [6.07, 6.45) is -1.50. The van der Waals surface area contributed by atoms with Crippen LogP contribution in [0.4, 0.5) is 35.0 Å². The van der Waals surface area contributed by atoms with E-state index in [0.29, 0.717) is 6.42 Å². The fraction of sp³-hybridized carbons (Fsp3) is 0.250. The van der Waals surface area contributed by atoms with Crippen LogP contribution >= 0.6 is 0 Å². The predicted octanol–water partition coefficient (Wildman–Crippen LogP) is 3.71. The Morgan fingerprint density at radius 1 is 1.19 bits per heavy atom. The molecule has 0 atom stereocenters. The molecule has 0 radical (unpaired) electrons.